The number of H-pyrrole nitrogens is 1. The van der Waals surface area contributed by atoms with Crippen molar-refractivity contribution in [2.75, 3.05) is 25.7 Å². The van der Waals surface area contributed by atoms with E-state index in [0.29, 0.717) is 34.9 Å². The molecule has 22 heavy (non-hydrogen) atoms. The molecule has 0 aliphatic carbocycles. The fourth-order valence-electron chi connectivity index (χ4n) is 2.25. The molecule has 0 atom stereocenters. The lowest BCUT2D eigenvalue weighted by atomic mass is 10.1. The molecule has 3 aromatic rings. The van der Waals surface area contributed by atoms with Gasteiger partial charge in [0, 0.05) is 6.42 Å². The minimum absolute atomic E-state index is 0.106. The zero-order valence-electron chi connectivity index (χ0n) is 12.3. The van der Waals surface area contributed by atoms with Crippen LogP contribution in [0.5, 0.6) is 11.5 Å². The number of ether oxygens (including phenoxy) is 2. The largest absolute Gasteiger partial charge is 0.493 e. The van der Waals surface area contributed by atoms with Crippen molar-refractivity contribution in [2.24, 2.45) is 0 Å². The van der Waals surface area contributed by atoms with E-state index in [1.165, 1.54) is 0 Å². The van der Waals surface area contributed by atoms with E-state index in [1.807, 2.05) is 18.2 Å². The summed E-state index contributed by atoms with van der Waals surface area (Å²) >= 11 is 0. The first kappa shape index (κ1) is 13.9. The highest BCUT2D eigenvalue weighted by molar-refractivity contribution is 5.82. The van der Waals surface area contributed by atoms with E-state index in [2.05, 4.69) is 19.9 Å². The number of benzene rings is 1. The number of nitrogens with zero attached hydrogens (tertiary/aromatic N) is 3. The van der Waals surface area contributed by atoms with Crippen molar-refractivity contribution in [3.63, 3.8) is 0 Å². The van der Waals surface area contributed by atoms with Crippen LogP contribution in [0.4, 0.5) is 11.8 Å². The molecule has 0 fully saturated rings. The van der Waals surface area contributed by atoms with E-state index in [-0.39, 0.29) is 11.8 Å². The highest BCUT2D eigenvalue weighted by atomic mass is 16.5. The molecule has 8 heteroatoms. The van der Waals surface area contributed by atoms with Crippen molar-refractivity contribution >= 4 is 22.9 Å². The molecule has 2 heterocycles. The molecule has 114 valence electrons. The first-order chi connectivity index (χ1) is 10.6. The second kappa shape index (κ2) is 5.40. The van der Waals surface area contributed by atoms with Crippen LogP contribution in [-0.2, 0) is 6.42 Å². The van der Waals surface area contributed by atoms with Crippen LogP contribution in [0.1, 0.15) is 11.4 Å². The molecule has 0 bridgehead atoms. The van der Waals surface area contributed by atoms with Crippen LogP contribution in [0.2, 0.25) is 0 Å². The molecule has 0 radical (unpaired) electrons. The van der Waals surface area contributed by atoms with E-state index in [1.54, 1.807) is 14.2 Å². The summed E-state index contributed by atoms with van der Waals surface area (Å²) in [5, 5.41) is 0. The Morgan fingerprint density at radius 1 is 1.05 bits per heavy atom. The average Bonchev–Trinajstić information content (AvgIpc) is 2.89. The fraction of sp³-hybridized carbons (Fsp3) is 0.214. The van der Waals surface area contributed by atoms with Crippen molar-refractivity contribution in [1.29, 1.82) is 0 Å². The number of anilines is 2. The predicted molar refractivity (Wildman–Crippen MR) is 82.9 cm³/mol. The van der Waals surface area contributed by atoms with Crippen LogP contribution >= 0.6 is 0 Å². The normalized spacial score (nSPS) is 10.8. The van der Waals surface area contributed by atoms with Gasteiger partial charge in [-0.2, -0.15) is 9.97 Å². The number of rotatable bonds is 4. The Bertz CT molecular complexity index is 830. The number of aromatic amines is 1. The second-order valence-corrected chi connectivity index (χ2v) is 4.72. The highest BCUT2D eigenvalue weighted by Gasteiger charge is 2.11. The summed E-state index contributed by atoms with van der Waals surface area (Å²) in [6, 6.07) is 5.69. The molecule has 5 N–H and O–H groups in total. The third-order valence-electron chi connectivity index (χ3n) is 3.26. The van der Waals surface area contributed by atoms with E-state index in [9.17, 15) is 0 Å². The predicted octanol–water partition coefficient (Wildman–Crippen LogP) is 1.13. The molecule has 0 unspecified atom stereocenters. The number of nitrogen functional groups attached to an aromatic ring is 2. The third kappa shape index (κ3) is 2.46. The number of nitrogens with one attached hydrogen (secondary N) is 1. The maximum absolute atomic E-state index is 5.81. The summed E-state index contributed by atoms with van der Waals surface area (Å²) in [4.78, 5) is 15.5. The van der Waals surface area contributed by atoms with Gasteiger partial charge in [0.15, 0.2) is 23.0 Å². The number of aromatic nitrogens is 4. The van der Waals surface area contributed by atoms with Gasteiger partial charge >= 0.3 is 0 Å². The van der Waals surface area contributed by atoms with Gasteiger partial charge in [0.2, 0.25) is 5.95 Å². The standard InChI is InChI=1S/C14H16N6O2/c1-21-8-4-3-7(5-9(8)22-2)6-10-17-11-12(15)19-14(16)20-13(11)18-10/h3-5H,6H2,1-2H3,(H5,15,16,17,18,19,20). The third-order valence-corrected chi connectivity index (χ3v) is 3.26. The fourth-order valence-corrected chi connectivity index (χ4v) is 2.25. The smallest absolute Gasteiger partial charge is 0.224 e. The highest BCUT2D eigenvalue weighted by Crippen LogP contribution is 2.28. The van der Waals surface area contributed by atoms with Crippen molar-refractivity contribution in [3.8, 4) is 11.5 Å². The summed E-state index contributed by atoms with van der Waals surface area (Å²) < 4.78 is 10.5. The molecule has 8 nitrogen and oxygen atoms in total. The minimum Gasteiger partial charge on any atom is -0.493 e. The molecule has 0 aliphatic heterocycles. The number of hydrogen-bond acceptors (Lipinski definition) is 7. The van der Waals surface area contributed by atoms with Crippen molar-refractivity contribution < 1.29 is 9.47 Å². The van der Waals surface area contributed by atoms with Gasteiger partial charge in [-0.1, -0.05) is 6.07 Å². The van der Waals surface area contributed by atoms with Crippen LogP contribution in [0, 0.1) is 0 Å². The van der Waals surface area contributed by atoms with Crippen LogP contribution < -0.4 is 20.9 Å². The molecule has 0 saturated heterocycles. The number of nitrogens with two attached hydrogens (primary N) is 2. The number of fused-ring (bicyclic) bond motifs is 1. The molecule has 0 aliphatic rings. The second-order valence-electron chi connectivity index (χ2n) is 4.72. The van der Waals surface area contributed by atoms with Crippen LogP contribution in [-0.4, -0.2) is 34.2 Å². The Kier molecular flexibility index (Phi) is 3.42. The Labute approximate surface area is 126 Å². The topological polar surface area (TPSA) is 125 Å². The monoisotopic (exact) mass is 300 g/mol. The van der Waals surface area contributed by atoms with E-state index >= 15 is 0 Å². The quantitative estimate of drug-likeness (QED) is 0.659. The lowest BCUT2D eigenvalue weighted by Crippen LogP contribution is -1.99. The molecule has 3 rings (SSSR count). The van der Waals surface area contributed by atoms with Gasteiger partial charge in [0.25, 0.3) is 0 Å². The van der Waals surface area contributed by atoms with Crippen LogP contribution in [0.3, 0.4) is 0 Å². The average molecular weight is 300 g/mol. The summed E-state index contributed by atoms with van der Waals surface area (Å²) in [6.07, 6.45) is 0.566. The van der Waals surface area contributed by atoms with Gasteiger partial charge < -0.3 is 25.9 Å². The minimum atomic E-state index is 0.106. The maximum atomic E-state index is 5.81. The van der Waals surface area contributed by atoms with Gasteiger partial charge in [-0.05, 0) is 17.7 Å². The van der Waals surface area contributed by atoms with Crippen LogP contribution in [0.25, 0.3) is 11.2 Å². The Hall–Kier alpha value is -3.03. The van der Waals surface area contributed by atoms with Gasteiger partial charge in [-0.3, -0.25) is 0 Å². The first-order valence-electron chi connectivity index (χ1n) is 6.59. The maximum Gasteiger partial charge on any atom is 0.224 e. The SMILES string of the molecule is COc1ccc(Cc2nc3nc(N)nc(N)c3[nH]2)cc1OC. The molecule has 0 saturated carbocycles. The molecule has 1 aromatic carbocycles. The molecule has 0 amide bonds. The molecule has 0 spiro atoms. The molecular weight excluding hydrogens is 284 g/mol. The summed E-state index contributed by atoms with van der Waals surface area (Å²) in [7, 11) is 3.20. The summed E-state index contributed by atoms with van der Waals surface area (Å²) in [6.45, 7) is 0. The first-order valence-corrected chi connectivity index (χ1v) is 6.59. The van der Waals surface area contributed by atoms with Gasteiger partial charge in [-0.15, -0.1) is 0 Å². The van der Waals surface area contributed by atoms with Crippen molar-refractivity contribution in [1.82, 2.24) is 19.9 Å². The Balaban J connectivity index is 1.94. The van der Waals surface area contributed by atoms with Gasteiger partial charge in [0.1, 0.15) is 11.3 Å². The lowest BCUT2D eigenvalue weighted by Gasteiger charge is -2.08. The Morgan fingerprint density at radius 2 is 1.82 bits per heavy atom. The van der Waals surface area contributed by atoms with Crippen molar-refractivity contribution in [3.05, 3.63) is 29.6 Å². The number of imidazole rings is 1. The number of hydrogen-bond donors (Lipinski definition) is 3. The van der Waals surface area contributed by atoms with E-state index in [4.69, 9.17) is 20.9 Å². The van der Waals surface area contributed by atoms with Crippen molar-refractivity contribution in [2.45, 2.75) is 6.42 Å². The van der Waals surface area contributed by atoms with E-state index < -0.39 is 0 Å². The van der Waals surface area contributed by atoms with Gasteiger partial charge in [0.05, 0.1) is 14.2 Å². The van der Waals surface area contributed by atoms with E-state index in [0.717, 1.165) is 5.56 Å². The summed E-state index contributed by atoms with van der Waals surface area (Å²) in [5.41, 5.74) is 13.4. The van der Waals surface area contributed by atoms with Gasteiger partial charge in [-0.25, -0.2) is 4.98 Å². The molecular formula is C14H16N6O2. The summed E-state index contributed by atoms with van der Waals surface area (Å²) in [5.74, 6) is 2.45. The van der Waals surface area contributed by atoms with Crippen LogP contribution in [0.15, 0.2) is 18.2 Å². The Morgan fingerprint density at radius 3 is 2.55 bits per heavy atom. The molecule has 2 aromatic heterocycles. The lowest BCUT2D eigenvalue weighted by molar-refractivity contribution is 0.354. The number of methoxy groups -OCH3 is 2. The zero-order chi connectivity index (χ0) is 15.7. The zero-order valence-corrected chi connectivity index (χ0v) is 12.3.